The second-order valence-electron chi connectivity index (χ2n) is 3.30. The molecule has 1 N–H and O–H groups in total. The standard InChI is InChI=1S/C12H15NO/c1-3-12(14)13-10(2)9-11-7-5-4-6-8-11/h3-8,10H,1,9H2,2H3,(H,13,14)/t10-/m0/s1. The van der Waals surface area contributed by atoms with Crippen LogP contribution in [-0.2, 0) is 11.2 Å². The monoisotopic (exact) mass is 189 g/mol. The lowest BCUT2D eigenvalue weighted by Crippen LogP contribution is -2.32. The molecule has 0 spiro atoms. The Balaban J connectivity index is 2.45. The van der Waals surface area contributed by atoms with Gasteiger partial charge in [-0.2, -0.15) is 0 Å². The second-order valence-corrected chi connectivity index (χ2v) is 3.30. The minimum Gasteiger partial charge on any atom is -0.350 e. The molecule has 0 aliphatic rings. The third-order valence-electron chi connectivity index (χ3n) is 1.96. The molecule has 74 valence electrons. The van der Waals surface area contributed by atoms with Crippen LogP contribution in [0.25, 0.3) is 0 Å². The van der Waals surface area contributed by atoms with Gasteiger partial charge < -0.3 is 5.32 Å². The summed E-state index contributed by atoms with van der Waals surface area (Å²) >= 11 is 0. The molecule has 0 aliphatic carbocycles. The normalized spacial score (nSPS) is 11.8. The minimum atomic E-state index is -0.117. The van der Waals surface area contributed by atoms with Crippen molar-refractivity contribution >= 4 is 5.91 Å². The van der Waals surface area contributed by atoms with Crippen molar-refractivity contribution in [3.05, 3.63) is 48.6 Å². The van der Waals surface area contributed by atoms with Crippen molar-refractivity contribution < 1.29 is 4.79 Å². The van der Waals surface area contributed by atoms with E-state index in [0.29, 0.717) is 0 Å². The molecule has 0 aliphatic heterocycles. The fraction of sp³-hybridized carbons (Fsp3) is 0.250. The second kappa shape index (κ2) is 5.22. The van der Waals surface area contributed by atoms with Crippen LogP contribution in [0.1, 0.15) is 12.5 Å². The molecule has 1 aromatic rings. The first kappa shape index (κ1) is 10.5. The number of rotatable bonds is 4. The first-order chi connectivity index (χ1) is 6.72. The van der Waals surface area contributed by atoms with Gasteiger partial charge in [0.1, 0.15) is 0 Å². The summed E-state index contributed by atoms with van der Waals surface area (Å²) in [4.78, 5) is 11.0. The van der Waals surface area contributed by atoms with E-state index in [9.17, 15) is 4.79 Å². The van der Waals surface area contributed by atoms with Gasteiger partial charge in [0.15, 0.2) is 0 Å². The van der Waals surface area contributed by atoms with Crippen molar-refractivity contribution in [2.75, 3.05) is 0 Å². The van der Waals surface area contributed by atoms with Crippen molar-refractivity contribution in [1.29, 1.82) is 0 Å². The van der Waals surface area contributed by atoms with Gasteiger partial charge in [-0.05, 0) is 25.0 Å². The third kappa shape index (κ3) is 3.44. The van der Waals surface area contributed by atoms with Gasteiger partial charge in [-0.25, -0.2) is 0 Å². The lowest BCUT2D eigenvalue weighted by molar-refractivity contribution is -0.117. The van der Waals surface area contributed by atoms with E-state index >= 15 is 0 Å². The molecule has 0 saturated carbocycles. The molecule has 0 saturated heterocycles. The number of hydrogen-bond donors (Lipinski definition) is 1. The molecule has 0 bridgehead atoms. The van der Waals surface area contributed by atoms with E-state index < -0.39 is 0 Å². The highest BCUT2D eigenvalue weighted by Gasteiger charge is 2.04. The van der Waals surface area contributed by atoms with E-state index in [2.05, 4.69) is 24.0 Å². The molecule has 0 unspecified atom stereocenters. The summed E-state index contributed by atoms with van der Waals surface area (Å²) in [6, 6.07) is 10.2. The Morgan fingerprint density at radius 1 is 1.50 bits per heavy atom. The Bertz CT molecular complexity index is 305. The maximum absolute atomic E-state index is 11.0. The summed E-state index contributed by atoms with van der Waals surface area (Å²) in [5, 5.41) is 2.82. The predicted octanol–water partition coefficient (Wildman–Crippen LogP) is 1.92. The maximum atomic E-state index is 11.0. The van der Waals surface area contributed by atoms with E-state index in [1.165, 1.54) is 11.6 Å². The molecule has 14 heavy (non-hydrogen) atoms. The van der Waals surface area contributed by atoms with Gasteiger partial charge in [-0.3, -0.25) is 4.79 Å². The molecular weight excluding hydrogens is 174 g/mol. The van der Waals surface area contributed by atoms with E-state index in [-0.39, 0.29) is 11.9 Å². The van der Waals surface area contributed by atoms with Gasteiger partial charge in [0.05, 0.1) is 0 Å². The van der Waals surface area contributed by atoms with Crippen LogP contribution >= 0.6 is 0 Å². The molecular formula is C12H15NO. The molecule has 0 fully saturated rings. The van der Waals surface area contributed by atoms with Gasteiger partial charge >= 0.3 is 0 Å². The molecule has 0 radical (unpaired) electrons. The van der Waals surface area contributed by atoms with Gasteiger partial charge in [0, 0.05) is 6.04 Å². The van der Waals surface area contributed by atoms with Crippen LogP contribution in [-0.4, -0.2) is 11.9 Å². The number of carbonyl (C=O) groups excluding carboxylic acids is 1. The molecule has 1 aromatic carbocycles. The van der Waals surface area contributed by atoms with Crippen LogP contribution in [0.2, 0.25) is 0 Å². The van der Waals surface area contributed by atoms with E-state index in [1.807, 2.05) is 25.1 Å². The summed E-state index contributed by atoms with van der Waals surface area (Å²) < 4.78 is 0. The Morgan fingerprint density at radius 3 is 2.71 bits per heavy atom. The Morgan fingerprint density at radius 2 is 2.14 bits per heavy atom. The highest BCUT2D eigenvalue weighted by atomic mass is 16.1. The van der Waals surface area contributed by atoms with Crippen LogP contribution in [0.4, 0.5) is 0 Å². The van der Waals surface area contributed by atoms with Crippen molar-refractivity contribution in [3.63, 3.8) is 0 Å². The van der Waals surface area contributed by atoms with Crippen molar-refractivity contribution in [3.8, 4) is 0 Å². The van der Waals surface area contributed by atoms with Crippen LogP contribution in [0.5, 0.6) is 0 Å². The smallest absolute Gasteiger partial charge is 0.243 e. The van der Waals surface area contributed by atoms with Crippen molar-refractivity contribution in [2.45, 2.75) is 19.4 Å². The first-order valence-corrected chi connectivity index (χ1v) is 4.69. The van der Waals surface area contributed by atoms with Gasteiger partial charge in [-0.1, -0.05) is 36.9 Å². The Hall–Kier alpha value is -1.57. The van der Waals surface area contributed by atoms with E-state index in [0.717, 1.165) is 6.42 Å². The van der Waals surface area contributed by atoms with E-state index in [4.69, 9.17) is 0 Å². The summed E-state index contributed by atoms with van der Waals surface area (Å²) in [7, 11) is 0. The third-order valence-corrected chi connectivity index (χ3v) is 1.96. The number of amides is 1. The van der Waals surface area contributed by atoms with Gasteiger partial charge in [-0.15, -0.1) is 0 Å². The molecule has 1 amide bonds. The fourth-order valence-corrected chi connectivity index (χ4v) is 1.32. The van der Waals surface area contributed by atoms with Crippen molar-refractivity contribution in [1.82, 2.24) is 5.32 Å². The lowest BCUT2D eigenvalue weighted by Gasteiger charge is -2.11. The minimum absolute atomic E-state index is 0.117. The van der Waals surface area contributed by atoms with Gasteiger partial charge in [0.2, 0.25) is 5.91 Å². The van der Waals surface area contributed by atoms with Crippen molar-refractivity contribution in [2.24, 2.45) is 0 Å². The molecule has 0 heterocycles. The number of carbonyl (C=O) groups is 1. The Labute approximate surface area is 84.6 Å². The Kier molecular flexibility index (Phi) is 3.92. The number of benzene rings is 1. The molecule has 2 nitrogen and oxygen atoms in total. The zero-order valence-corrected chi connectivity index (χ0v) is 8.36. The highest BCUT2D eigenvalue weighted by Crippen LogP contribution is 2.02. The van der Waals surface area contributed by atoms with Crippen LogP contribution in [0.3, 0.4) is 0 Å². The average molecular weight is 189 g/mol. The van der Waals surface area contributed by atoms with Crippen LogP contribution in [0, 0.1) is 0 Å². The SMILES string of the molecule is C=CC(=O)N[C@@H](C)Cc1ccccc1. The average Bonchev–Trinajstić information content (AvgIpc) is 2.19. The molecule has 1 rings (SSSR count). The maximum Gasteiger partial charge on any atom is 0.243 e. The zero-order valence-electron chi connectivity index (χ0n) is 8.36. The van der Waals surface area contributed by atoms with Gasteiger partial charge in [0.25, 0.3) is 0 Å². The first-order valence-electron chi connectivity index (χ1n) is 4.69. The molecule has 2 heteroatoms. The lowest BCUT2D eigenvalue weighted by atomic mass is 10.1. The number of nitrogens with one attached hydrogen (secondary N) is 1. The largest absolute Gasteiger partial charge is 0.350 e. The fourth-order valence-electron chi connectivity index (χ4n) is 1.32. The summed E-state index contributed by atoms with van der Waals surface area (Å²) in [5.74, 6) is -0.117. The molecule has 1 atom stereocenters. The highest BCUT2D eigenvalue weighted by molar-refractivity contribution is 5.87. The number of hydrogen-bond acceptors (Lipinski definition) is 1. The quantitative estimate of drug-likeness (QED) is 0.720. The summed E-state index contributed by atoms with van der Waals surface area (Å²) in [5.41, 5.74) is 1.23. The van der Waals surface area contributed by atoms with Crippen LogP contribution < -0.4 is 5.32 Å². The summed E-state index contributed by atoms with van der Waals surface area (Å²) in [6.45, 7) is 5.39. The molecule has 0 aromatic heterocycles. The predicted molar refractivity (Wildman–Crippen MR) is 57.9 cm³/mol. The van der Waals surface area contributed by atoms with Crippen LogP contribution in [0.15, 0.2) is 43.0 Å². The topological polar surface area (TPSA) is 29.1 Å². The van der Waals surface area contributed by atoms with E-state index in [1.54, 1.807) is 0 Å². The summed E-state index contributed by atoms with van der Waals surface area (Å²) in [6.07, 6.45) is 2.14. The zero-order chi connectivity index (χ0) is 10.4.